The Bertz CT molecular complexity index is 843. The topological polar surface area (TPSA) is 80.9 Å². The van der Waals surface area contributed by atoms with Crippen LogP contribution in [0, 0.1) is 13.8 Å². The van der Waals surface area contributed by atoms with Crippen LogP contribution in [0.2, 0.25) is 0 Å². The largest absolute Gasteiger partial charge is 0.339 e. The third kappa shape index (κ3) is 3.84. The van der Waals surface area contributed by atoms with E-state index in [1.54, 1.807) is 6.20 Å². The molecular weight excluding hydrogens is 304 g/mol. The molecular formula is C18H18N4O2. The van der Waals surface area contributed by atoms with Crippen LogP contribution < -0.4 is 5.32 Å². The molecule has 2 aromatic heterocycles. The fraction of sp³-hybridized carbons (Fsp3) is 0.222. The summed E-state index contributed by atoms with van der Waals surface area (Å²) in [5.41, 5.74) is 3.61. The lowest BCUT2D eigenvalue weighted by Crippen LogP contribution is -2.13. The van der Waals surface area contributed by atoms with E-state index in [0.29, 0.717) is 23.8 Å². The smallest absolute Gasteiger partial charge is 0.227 e. The van der Waals surface area contributed by atoms with Gasteiger partial charge in [-0.25, -0.2) is 0 Å². The molecule has 0 saturated heterocycles. The first kappa shape index (κ1) is 15.9. The van der Waals surface area contributed by atoms with Gasteiger partial charge in [0.05, 0.1) is 0 Å². The maximum Gasteiger partial charge on any atom is 0.227 e. The SMILES string of the molecule is Cc1ccc(C)c(NC(=O)CCc2nc(-c3ccccn3)no2)c1. The van der Waals surface area contributed by atoms with Crippen molar-refractivity contribution in [3.8, 4) is 11.5 Å². The Hall–Kier alpha value is -3.02. The molecule has 0 aliphatic heterocycles. The van der Waals surface area contributed by atoms with Gasteiger partial charge >= 0.3 is 0 Å². The number of amides is 1. The van der Waals surface area contributed by atoms with E-state index in [2.05, 4.69) is 20.4 Å². The number of benzene rings is 1. The molecule has 2 heterocycles. The van der Waals surface area contributed by atoms with Crippen molar-refractivity contribution in [2.45, 2.75) is 26.7 Å². The minimum absolute atomic E-state index is 0.0821. The summed E-state index contributed by atoms with van der Waals surface area (Å²) in [7, 11) is 0. The summed E-state index contributed by atoms with van der Waals surface area (Å²) >= 11 is 0. The minimum atomic E-state index is -0.0821. The summed E-state index contributed by atoms with van der Waals surface area (Å²) in [5, 5.41) is 6.81. The number of anilines is 1. The first-order chi connectivity index (χ1) is 11.6. The molecule has 0 radical (unpaired) electrons. The molecule has 0 fully saturated rings. The van der Waals surface area contributed by atoms with Crippen LogP contribution in [-0.2, 0) is 11.2 Å². The molecule has 0 unspecified atom stereocenters. The summed E-state index contributed by atoms with van der Waals surface area (Å²) in [4.78, 5) is 20.6. The van der Waals surface area contributed by atoms with Gasteiger partial charge in [0.1, 0.15) is 5.69 Å². The number of carbonyl (C=O) groups is 1. The Morgan fingerprint density at radius 1 is 1.21 bits per heavy atom. The Balaban J connectivity index is 1.59. The Labute approximate surface area is 139 Å². The maximum atomic E-state index is 12.1. The lowest BCUT2D eigenvalue weighted by atomic mass is 10.1. The molecule has 0 aliphatic carbocycles. The molecule has 1 aromatic carbocycles. The summed E-state index contributed by atoms with van der Waals surface area (Å²) in [6, 6.07) is 11.4. The monoisotopic (exact) mass is 322 g/mol. The van der Waals surface area contributed by atoms with E-state index in [0.717, 1.165) is 16.8 Å². The lowest BCUT2D eigenvalue weighted by Gasteiger charge is -2.08. The van der Waals surface area contributed by atoms with E-state index in [-0.39, 0.29) is 12.3 Å². The van der Waals surface area contributed by atoms with Crippen molar-refractivity contribution < 1.29 is 9.32 Å². The molecule has 0 atom stereocenters. The van der Waals surface area contributed by atoms with Crippen LogP contribution in [0.1, 0.15) is 23.4 Å². The fourth-order valence-corrected chi connectivity index (χ4v) is 2.26. The van der Waals surface area contributed by atoms with Crippen LogP contribution in [-0.4, -0.2) is 21.0 Å². The van der Waals surface area contributed by atoms with Crippen LogP contribution in [0.25, 0.3) is 11.5 Å². The summed E-state index contributed by atoms with van der Waals surface area (Å²) in [5.74, 6) is 0.772. The Morgan fingerprint density at radius 2 is 2.08 bits per heavy atom. The van der Waals surface area contributed by atoms with E-state index < -0.39 is 0 Å². The van der Waals surface area contributed by atoms with E-state index in [1.165, 1.54) is 0 Å². The fourth-order valence-electron chi connectivity index (χ4n) is 2.26. The molecule has 0 saturated carbocycles. The average Bonchev–Trinajstić information content (AvgIpc) is 3.06. The molecule has 6 heteroatoms. The zero-order valence-electron chi connectivity index (χ0n) is 13.6. The summed E-state index contributed by atoms with van der Waals surface area (Å²) < 4.78 is 5.18. The van der Waals surface area contributed by atoms with E-state index in [1.807, 2.05) is 50.2 Å². The second-order valence-corrected chi connectivity index (χ2v) is 5.59. The molecule has 0 spiro atoms. The molecule has 6 nitrogen and oxygen atoms in total. The third-order valence-corrected chi connectivity index (χ3v) is 3.60. The number of carbonyl (C=O) groups excluding carboxylic acids is 1. The number of aryl methyl sites for hydroxylation is 3. The van der Waals surface area contributed by atoms with Gasteiger partial charge in [-0.2, -0.15) is 4.98 Å². The van der Waals surface area contributed by atoms with Crippen LogP contribution in [0.15, 0.2) is 47.1 Å². The van der Waals surface area contributed by atoms with Gasteiger partial charge in [0.25, 0.3) is 0 Å². The van der Waals surface area contributed by atoms with Gasteiger partial charge in [-0.1, -0.05) is 23.4 Å². The number of nitrogens with one attached hydrogen (secondary N) is 1. The number of aromatic nitrogens is 3. The van der Waals surface area contributed by atoms with Crippen molar-refractivity contribution in [3.63, 3.8) is 0 Å². The van der Waals surface area contributed by atoms with Gasteiger partial charge in [-0.15, -0.1) is 0 Å². The Kier molecular flexibility index (Phi) is 4.65. The van der Waals surface area contributed by atoms with E-state index in [4.69, 9.17) is 4.52 Å². The highest BCUT2D eigenvalue weighted by Gasteiger charge is 2.12. The zero-order chi connectivity index (χ0) is 16.9. The summed E-state index contributed by atoms with van der Waals surface area (Å²) in [6.07, 6.45) is 2.33. The number of pyridine rings is 1. The molecule has 3 rings (SSSR count). The standard InChI is InChI=1S/C18H18N4O2/c1-12-6-7-13(2)15(11-12)20-16(23)8-9-17-21-18(22-24-17)14-5-3-4-10-19-14/h3-7,10-11H,8-9H2,1-2H3,(H,20,23). The first-order valence-corrected chi connectivity index (χ1v) is 7.73. The third-order valence-electron chi connectivity index (χ3n) is 3.60. The minimum Gasteiger partial charge on any atom is -0.339 e. The average molecular weight is 322 g/mol. The van der Waals surface area contributed by atoms with Gasteiger partial charge in [0.2, 0.25) is 17.6 Å². The van der Waals surface area contributed by atoms with Crippen molar-refractivity contribution >= 4 is 11.6 Å². The second kappa shape index (κ2) is 7.04. The van der Waals surface area contributed by atoms with Crippen molar-refractivity contribution in [1.82, 2.24) is 15.1 Å². The highest BCUT2D eigenvalue weighted by molar-refractivity contribution is 5.91. The molecule has 0 bridgehead atoms. The highest BCUT2D eigenvalue weighted by Crippen LogP contribution is 2.17. The summed E-state index contributed by atoms with van der Waals surface area (Å²) in [6.45, 7) is 3.96. The lowest BCUT2D eigenvalue weighted by molar-refractivity contribution is -0.116. The molecule has 122 valence electrons. The molecule has 1 N–H and O–H groups in total. The number of rotatable bonds is 5. The van der Waals surface area contributed by atoms with Gasteiger partial charge in [-0.3, -0.25) is 9.78 Å². The van der Waals surface area contributed by atoms with E-state index in [9.17, 15) is 4.79 Å². The molecule has 24 heavy (non-hydrogen) atoms. The molecule has 1 amide bonds. The maximum absolute atomic E-state index is 12.1. The second-order valence-electron chi connectivity index (χ2n) is 5.59. The first-order valence-electron chi connectivity index (χ1n) is 7.73. The van der Waals surface area contributed by atoms with Gasteiger partial charge in [0, 0.05) is 24.7 Å². The number of hydrogen-bond donors (Lipinski definition) is 1. The number of hydrogen-bond acceptors (Lipinski definition) is 5. The van der Waals surface area contributed by atoms with Gasteiger partial charge < -0.3 is 9.84 Å². The van der Waals surface area contributed by atoms with Crippen LogP contribution in [0.3, 0.4) is 0 Å². The van der Waals surface area contributed by atoms with Crippen molar-refractivity contribution in [3.05, 3.63) is 59.6 Å². The van der Waals surface area contributed by atoms with Crippen molar-refractivity contribution in [1.29, 1.82) is 0 Å². The van der Waals surface area contributed by atoms with Crippen LogP contribution >= 0.6 is 0 Å². The zero-order valence-corrected chi connectivity index (χ0v) is 13.6. The predicted molar refractivity (Wildman–Crippen MR) is 90.4 cm³/mol. The van der Waals surface area contributed by atoms with Gasteiger partial charge in [0.15, 0.2) is 0 Å². The van der Waals surface area contributed by atoms with Crippen LogP contribution in [0.5, 0.6) is 0 Å². The predicted octanol–water partition coefficient (Wildman–Crippen LogP) is 3.32. The van der Waals surface area contributed by atoms with E-state index >= 15 is 0 Å². The van der Waals surface area contributed by atoms with Gasteiger partial charge in [-0.05, 0) is 43.2 Å². The highest BCUT2D eigenvalue weighted by atomic mass is 16.5. The Morgan fingerprint density at radius 3 is 2.88 bits per heavy atom. The van der Waals surface area contributed by atoms with Crippen LogP contribution in [0.4, 0.5) is 5.69 Å². The van der Waals surface area contributed by atoms with Crippen molar-refractivity contribution in [2.75, 3.05) is 5.32 Å². The molecule has 0 aliphatic rings. The molecule has 3 aromatic rings. The quantitative estimate of drug-likeness (QED) is 0.779. The normalized spacial score (nSPS) is 10.6. The van der Waals surface area contributed by atoms with Crippen molar-refractivity contribution in [2.24, 2.45) is 0 Å². The number of nitrogens with zero attached hydrogens (tertiary/aromatic N) is 3.